The third kappa shape index (κ3) is 7.12. The highest BCUT2D eigenvalue weighted by atomic mass is 32.2. The molecule has 0 unspecified atom stereocenters. The normalized spacial score (nSPS) is 15.9. The molecule has 0 aliphatic carbocycles. The van der Waals surface area contributed by atoms with Crippen LogP contribution in [0.15, 0.2) is 65.7 Å². The first-order chi connectivity index (χ1) is 14.6. The number of piperazine rings is 1. The van der Waals surface area contributed by atoms with Crippen molar-refractivity contribution in [2.45, 2.75) is 13.1 Å². The van der Waals surface area contributed by atoms with Gasteiger partial charge in [0.15, 0.2) is 5.96 Å². The van der Waals surface area contributed by atoms with E-state index in [9.17, 15) is 8.42 Å². The van der Waals surface area contributed by atoms with E-state index in [1.54, 1.807) is 7.05 Å². The smallest absolute Gasteiger partial charge is 0.213 e. The van der Waals surface area contributed by atoms with E-state index in [0.29, 0.717) is 13.1 Å². The van der Waals surface area contributed by atoms with Crippen LogP contribution in [0, 0.1) is 0 Å². The third-order valence-corrected chi connectivity index (χ3v) is 6.45. The van der Waals surface area contributed by atoms with Gasteiger partial charge in [0.1, 0.15) is 0 Å². The van der Waals surface area contributed by atoms with E-state index in [1.807, 2.05) is 36.4 Å². The minimum Gasteiger partial charge on any atom is -0.355 e. The summed E-state index contributed by atoms with van der Waals surface area (Å²) in [5, 5.41) is 3.20. The van der Waals surface area contributed by atoms with Crippen LogP contribution in [-0.2, 0) is 23.1 Å². The summed E-state index contributed by atoms with van der Waals surface area (Å²) >= 11 is 0. The fraction of sp³-hybridized carbons (Fsp3) is 0.409. The Hall–Kier alpha value is -2.42. The predicted molar refractivity (Wildman–Crippen MR) is 122 cm³/mol. The molecule has 0 atom stereocenters. The Morgan fingerprint density at radius 2 is 1.53 bits per heavy atom. The highest BCUT2D eigenvalue weighted by molar-refractivity contribution is 7.89. The first kappa shape index (κ1) is 22.3. The van der Waals surface area contributed by atoms with Crippen LogP contribution < -0.4 is 10.0 Å². The first-order valence-electron chi connectivity index (χ1n) is 10.3. The second-order valence-electron chi connectivity index (χ2n) is 7.35. The van der Waals surface area contributed by atoms with Gasteiger partial charge < -0.3 is 10.2 Å². The van der Waals surface area contributed by atoms with E-state index in [0.717, 1.165) is 44.2 Å². The molecule has 8 heteroatoms. The second kappa shape index (κ2) is 11.1. The van der Waals surface area contributed by atoms with E-state index < -0.39 is 10.0 Å². The highest BCUT2D eigenvalue weighted by Gasteiger charge is 2.20. The zero-order valence-electron chi connectivity index (χ0n) is 17.5. The van der Waals surface area contributed by atoms with Crippen molar-refractivity contribution in [3.8, 4) is 0 Å². The number of hydrogen-bond donors (Lipinski definition) is 2. The summed E-state index contributed by atoms with van der Waals surface area (Å²) < 4.78 is 27.2. The average Bonchev–Trinajstić information content (AvgIpc) is 2.78. The number of aliphatic imine (C=N–C) groups is 1. The molecular weight excluding hydrogens is 398 g/mol. The number of hydrogen-bond acceptors (Lipinski definition) is 4. The summed E-state index contributed by atoms with van der Waals surface area (Å²) in [5.41, 5.74) is 2.26. The van der Waals surface area contributed by atoms with Crippen molar-refractivity contribution < 1.29 is 8.42 Å². The SMILES string of the molecule is CN=C(NCCS(=O)(=O)NCc1ccccc1)N1CCN(Cc2ccccc2)CC1. The van der Waals surface area contributed by atoms with Crippen LogP contribution in [0.4, 0.5) is 0 Å². The Labute approximate surface area is 179 Å². The zero-order chi connectivity index (χ0) is 21.2. The lowest BCUT2D eigenvalue weighted by atomic mass is 10.2. The molecule has 3 rings (SSSR count). The average molecular weight is 430 g/mol. The van der Waals surface area contributed by atoms with Crippen LogP contribution in [0.2, 0.25) is 0 Å². The van der Waals surface area contributed by atoms with Gasteiger partial charge in [0, 0.05) is 52.9 Å². The molecule has 1 aliphatic rings. The molecule has 1 heterocycles. The van der Waals surface area contributed by atoms with Gasteiger partial charge in [0.05, 0.1) is 5.75 Å². The van der Waals surface area contributed by atoms with E-state index in [2.05, 4.69) is 49.1 Å². The summed E-state index contributed by atoms with van der Waals surface area (Å²) in [4.78, 5) is 8.95. The third-order valence-electron chi connectivity index (χ3n) is 5.13. The predicted octanol–water partition coefficient (Wildman–Crippen LogP) is 1.50. The first-order valence-corrected chi connectivity index (χ1v) is 11.9. The van der Waals surface area contributed by atoms with Crippen molar-refractivity contribution in [3.63, 3.8) is 0 Å². The summed E-state index contributed by atoms with van der Waals surface area (Å²) in [7, 11) is -1.62. The Morgan fingerprint density at radius 1 is 0.933 bits per heavy atom. The monoisotopic (exact) mass is 429 g/mol. The number of guanidine groups is 1. The van der Waals surface area contributed by atoms with Crippen molar-refractivity contribution in [1.29, 1.82) is 0 Å². The molecule has 7 nitrogen and oxygen atoms in total. The highest BCUT2D eigenvalue weighted by Crippen LogP contribution is 2.08. The lowest BCUT2D eigenvalue weighted by molar-refractivity contribution is 0.172. The molecule has 1 saturated heterocycles. The van der Waals surface area contributed by atoms with Crippen LogP contribution in [0.1, 0.15) is 11.1 Å². The molecule has 0 amide bonds. The van der Waals surface area contributed by atoms with Crippen LogP contribution in [-0.4, -0.2) is 69.7 Å². The topological polar surface area (TPSA) is 77.0 Å². The Morgan fingerprint density at radius 3 is 2.13 bits per heavy atom. The molecule has 162 valence electrons. The van der Waals surface area contributed by atoms with E-state index in [4.69, 9.17) is 0 Å². The van der Waals surface area contributed by atoms with Crippen LogP contribution in [0.5, 0.6) is 0 Å². The lowest BCUT2D eigenvalue weighted by Crippen LogP contribution is -2.52. The molecule has 0 radical (unpaired) electrons. The van der Waals surface area contributed by atoms with Crippen molar-refractivity contribution in [3.05, 3.63) is 71.8 Å². The fourth-order valence-corrected chi connectivity index (χ4v) is 4.35. The number of benzene rings is 2. The minimum atomic E-state index is -3.35. The van der Waals surface area contributed by atoms with Crippen LogP contribution >= 0.6 is 0 Å². The fourth-order valence-electron chi connectivity index (χ4n) is 3.45. The van der Waals surface area contributed by atoms with Gasteiger partial charge >= 0.3 is 0 Å². The summed E-state index contributed by atoms with van der Waals surface area (Å²) in [6, 6.07) is 20.0. The lowest BCUT2D eigenvalue weighted by Gasteiger charge is -2.36. The quantitative estimate of drug-likeness (QED) is 0.491. The summed E-state index contributed by atoms with van der Waals surface area (Å²) in [5.74, 6) is 0.764. The molecule has 1 fully saturated rings. The standard InChI is InChI=1S/C22H31N5O2S/c1-23-22(24-12-17-30(28,29)25-18-20-8-4-2-5-9-20)27-15-13-26(14-16-27)19-21-10-6-3-7-11-21/h2-11,25H,12-19H2,1H3,(H,23,24). The van der Waals surface area contributed by atoms with Gasteiger partial charge in [0.25, 0.3) is 0 Å². The molecule has 2 aromatic rings. The van der Waals surface area contributed by atoms with Crippen LogP contribution in [0.3, 0.4) is 0 Å². The van der Waals surface area contributed by atoms with Gasteiger partial charge in [-0.25, -0.2) is 13.1 Å². The maximum atomic E-state index is 12.3. The molecule has 0 spiro atoms. The largest absolute Gasteiger partial charge is 0.355 e. The number of rotatable bonds is 8. The van der Waals surface area contributed by atoms with E-state index in [-0.39, 0.29) is 5.75 Å². The summed E-state index contributed by atoms with van der Waals surface area (Å²) in [6.07, 6.45) is 0. The molecular formula is C22H31N5O2S. The maximum Gasteiger partial charge on any atom is 0.213 e. The van der Waals surface area contributed by atoms with Gasteiger partial charge in [-0.1, -0.05) is 60.7 Å². The van der Waals surface area contributed by atoms with E-state index >= 15 is 0 Å². The molecule has 1 aliphatic heterocycles. The van der Waals surface area contributed by atoms with Gasteiger partial charge in [-0.2, -0.15) is 0 Å². The molecule has 0 bridgehead atoms. The van der Waals surface area contributed by atoms with Crippen molar-refractivity contribution in [2.24, 2.45) is 4.99 Å². The number of nitrogens with zero attached hydrogens (tertiary/aromatic N) is 3. The zero-order valence-corrected chi connectivity index (χ0v) is 18.3. The van der Waals surface area contributed by atoms with Crippen molar-refractivity contribution in [2.75, 3.05) is 45.5 Å². The van der Waals surface area contributed by atoms with Gasteiger partial charge in [0.2, 0.25) is 10.0 Å². The van der Waals surface area contributed by atoms with Gasteiger partial charge in [-0.15, -0.1) is 0 Å². The molecule has 2 N–H and O–H groups in total. The Kier molecular flexibility index (Phi) is 8.24. The van der Waals surface area contributed by atoms with Crippen LogP contribution in [0.25, 0.3) is 0 Å². The van der Waals surface area contributed by atoms with Crippen molar-refractivity contribution in [1.82, 2.24) is 19.8 Å². The molecule has 0 aromatic heterocycles. The van der Waals surface area contributed by atoms with Gasteiger partial charge in [-0.05, 0) is 11.1 Å². The molecule has 0 saturated carbocycles. The molecule has 2 aromatic carbocycles. The minimum absolute atomic E-state index is 0.00677. The van der Waals surface area contributed by atoms with E-state index in [1.165, 1.54) is 5.56 Å². The van der Waals surface area contributed by atoms with Gasteiger partial charge in [-0.3, -0.25) is 9.89 Å². The number of nitrogens with one attached hydrogen (secondary N) is 2. The molecule has 30 heavy (non-hydrogen) atoms. The van der Waals surface area contributed by atoms with Crippen molar-refractivity contribution >= 4 is 16.0 Å². The maximum absolute atomic E-state index is 12.3. The Balaban J connectivity index is 1.39. The second-order valence-corrected chi connectivity index (χ2v) is 9.27. The number of sulfonamides is 1. The Bertz CT molecular complexity index is 896. The summed E-state index contributed by atoms with van der Waals surface area (Å²) in [6.45, 7) is 5.21.